The molecular weight excluding hydrogens is 704 g/mol. The number of fused-ring (bicyclic) bond motifs is 2. The zero-order chi connectivity index (χ0) is 41.3. The minimum Gasteiger partial charge on any atom is -0.462 e. The normalized spacial score (nSPS) is 28.5. The number of carbonyl (C=O) groups excluding carboxylic acids is 4. The van der Waals surface area contributed by atoms with Gasteiger partial charge >= 0.3 is 23.9 Å². The summed E-state index contributed by atoms with van der Waals surface area (Å²) in [4.78, 5) is 55.4. The van der Waals surface area contributed by atoms with Crippen LogP contribution in [-0.2, 0) is 63.5 Å². The van der Waals surface area contributed by atoms with E-state index >= 15 is 0 Å². The molecule has 1 aromatic carbocycles. The number of ether oxygens (including phenoxy) is 8. The smallest absolute Gasteiger partial charge is 0.346 e. The van der Waals surface area contributed by atoms with E-state index < -0.39 is 87.9 Å². The maximum atomic E-state index is 14.6. The van der Waals surface area contributed by atoms with Crippen molar-refractivity contribution in [2.75, 3.05) is 7.11 Å². The van der Waals surface area contributed by atoms with E-state index in [1.807, 2.05) is 37.3 Å². The van der Waals surface area contributed by atoms with Crippen molar-refractivity contribution in [3.63, 3.8) is 0 Å². The van der Waals surface area contributed by atoms with Crippen molar-refractivity contribution < 1.29 is 67.3 Å². The number of hydrogen-bond acceptors (Lipinski definition) is 14. The molecule has 2 N–H and O–H groups in total. The fourth-order valence-corrected chi connectivity index (χ4v) is 6.68. The van der Waals surface area contributed by atoms with Crippen molar-refractivity contribution >= 4 is 23.9 Å². The first-order valence-electron chi connectivity index (χ1n) is 18.4. The Labute approximate surface area is 319 Å². The standard InChI is InChI=1S/C40H62O14/c1-24(23-26-19-16-15-17-20-26)27(48-25(2)41)21-18-22-38-29(49-37(12,13)47-14)28(42)40(54-38,33(45)53-36(9,10)11)39(46,32(44)52-35(6,7)8)30(50-38)31(43)51-34(3,4)5/h15-17,19-20,24,27-30,42,46H,18,21-23H2,1-14H3/t24-,27-,28-,29-,30-,38+,39-,40+/m1/s1. The summed E-state index contributed by atoms with van der Waals surface area (Å²) in [6.45, 7) is 20.2. The van der Waals surface area contributed by atoms with Gasteiger partial charge in [0.15, 0.2) is 11.6 Å². The van der Waals surface area contributed by atoms with Crippen LogP contribution in [0.2, 0.25) is 0 Å². The van der Waals surface area contributed by atoms with Crippen LogP contribution in [0.1, 0.15) is 115 Å². The minimum absolute atomic E-state index is 0.146. The molecule has 1 aromatic rings. The quantitative estimate of drug-likeness (QED) is 0.151. The van der Waals surface area contributed by atoms with Gasteiger partial charge in [-0.25, -0.2) is 14.4 Å². The van der Waals surface area contributed by atoms with E-state index in [0.717, 1.165) is 5.56 Å². The Bertz CT molecular complexity index is 1490. The van der Waals surface area contributed by atoms with Crippen molar-refractivity contribution in [1.82, 2.24) is 0 Å². The molecular formula is C40H62O14. The predicted molar refractivity (Wildman–Crippen MR) is 195 cm³/mol. The summed E-state index contributed by atoms with van der Waals surface area (Å²) in [5.41, 5.74) is -9.12. The fourth-order valence-electron chi connectivity index (χ4n) is 6.68. The van der Waals surface area contributed by atoms with E-state index in [2.05, 4.69) is 0 Å². The van der Waals surface area contributed by atoms with Crippen molar-refractivity contribution in [2.45, 2.75) is 180 Å². The molecule has 2 aliphatic heterocycles. The number of methoxy groups -OCH3 is 1. The summed E-state index contributed by atoms with van der Waals surface area (Å²) in [7, 11) is 1.35. The third-order valence-corrected chi connectivity index (χ3v) is 9.04. The lowest BCUT2D eigenvalue weighted by atomic mass is 9.74. The van der Waals surface area contributed by atoms with Gasteiger partial charge < -0.3 is 48.1 Å². The van der Waals surface area contributed by atoms with Gasteiger partial charge in [-0.15, -0.1) is 0 Å². The van der Waals surface area contributed by atoms with E-state index in [1.54, 1.807) is 41.5 Å². The van der Waals surface area contributed by atoms with Crippen molar-refractivity contribution in [3.05, 3.63) is 35.9 Å². The Morgan fingerprint density at radius 1 is 0.852 bits per heavy atom. The molecule has 2 heterocycles. The van der Waals surface area contributed by atoms with E-state index in [0.29, 0.717) is 6.42 Å². The summed E-state index contributed by atoms with van der Waals surface area (Å²) < 4.78 is 47.5. The molecule has 0 radical (unpaired) electrons. The van der Waals surface area contributed by atoms with Crippen molar-refractivity contribution in [3.8, 4) is 0 Å². The van der Waals surface area contributed by atoms with Crippen LogP contribution in [-0.4, -0.2) is 105 Å². The summed E-state index contributed by atoms with van der Waals surface area (Å²) in [6.07, 6.45) is -6.07. The van der Waals surface area contributed by atoms with E-state index in [-0.39, 0.29) is 25.2 Å². The number of hydrogen-bond donors (Lipinski definition) is 2. The largest absolute Gasteiger partial charge is 0.462 e. The van der Waals surface area contributed by atoms with Crippen LogP contribution in [0.25, 0.3) is 0 Å². The summed E-state index contributed by atoms with van der Waals surface area (Å²) in [5.74, 6) is -8.49. The van der Waals surface area contributed by atoms with Gasteiger partial charge in [-0.1, -0.05) is 37.3 Å². The van der Waals surface area contributed by atoms with Crippen LogP contribution >= 0.6 is 0 Å². The predicted octanol–water partition coefficient (Wildman–Crippen LogP) is 4.72. The van der Waals surface area contributed by atoms with Crippen LogP contribution in [0.15, 0.2) is 30.3 Å². The van der Waals surface area contributed by atoms with E-state index in [1.165, 1.54) is 48.7 Å². The number of carbonyl (C=O) groups is 4. The summed E-state index contributed by atoms with van der Waals surface area (Å²) >= 11 is 0. The third kappa shape index (κ3) is 10.2. The van der Waals surface area contributed by atoms with Crippen molar-refractivity contribution in [2.24, 2.45) is 5.92 Å². The highest BCUT2D eigenvalue weighted by molar-refractivity contribution is 5.99. The molecule has 3 rings (SSSR count). The molecule has 0 aliphatic carbocycles. The Balaban J connectivity index is 2.26. The highest BCUT2D eigenvalue weighted by Crippen LogP contribution is 2.57. The first-order chi connectivity index (χ1) is 24.5. The zero-order valence-electron chi connectivity index (χ0n) is 34.4. The molecule has 14 heteroatoms. The number of benzene rings is 1. The molecule has 2 aliphatic rings. The monoisotopic (exact) mass is 766 g/mol. The van der Waals surface area contributed by atoms with Gasteiger partial charge in [-0.2, -0.15) is 0 Å². The van der Waals surface area contributed by atoms with Crippen LogP contribution in [0.5, 0.6) is 0 Å². The lowest BCUT2D eigenvalue weighted by Crippen LogP contribution is -2.79. The number of esters is 4. The van der Waals surface area contributed by atoms with E-state index in [9.17, 15) is 29.4 Å². The number of aliphatic hydroxyl groups excluding tert-OH is 1. The average molecular weight is 767 g/mol. The van der Waals surface area contributed by atoms with Gasteiger partial charge in [-0.05, 0) is 107 Å². The first-order valence-corrected chi connectivity index (χ1v) is 18.4. The molecule has 0 aromatic heterocycles. The van der Waals surface area contributed by atoms with Crippen LogP contribution in [0, 0.1) is 5.92 Å². The van der Waals surface area contributed by atoms with Gasteiger partial charge in [0.2, 0.25) is 17.3 Å². The minimum atomic E-state index is -3.40. The van der Waals surface area contributed by atoms with Crippen molar-refractivity contribution in [1.29, 1.82) is 0 Å². The van der Waals surface area contributed by atoms with Crippen LogP contribution < -0.4 is 0 Å². The zero-order valence-corrected chi connectivity index (χ0v) is 34.4. The fraction of sp³-hybridized carbons (Fsp3) is 0.750. The Morgan fingerprint density at radius 2 is 1.39 bits per heavy atom. The number of rotatable bonds is 14. The maximum Gasteiger partial charge on any atom is 0.346 e. The SMILES string of the molecule is COC(C)(C)O[C@@H]1[C@@H](O)[C@@]2(C(=O)OC(C)(C)C)O[C@]1(CCC[C@@H](OC(C)=O)[C@H](C)Cc1ccccc1)O[C@H](C(=O)OC(C)(C)C)[C@@]2(O)C(=O)OC(C)(C)C. The highest BCUT2D eigenvalue weighted by atomic mass is 16.8. The molecule has 8 atom stereocenters. The Kier molecular flexibility index (Phi) is 13.5. The van der Waals surface area contributed by atoms with Gasteiger partial charge in [-0.3, -0.25) is 4.79 Å². The van der Waals surface area contributed by atoms with Gasteiger partial charge in [0.1, 0.15) is 35.1 Å². The Morgan fingerprint density at radius 3 is 1.89 bits per heavy atom. The van der Waals surface area contributed by atoms with Crippen LogP contribution in [0.3, 0.4) is 0 Å². The molecule has 14 nitrogen and oxygen atoms in total. The molecule has 0 saturated carbocycles. The van der Waals surface area contributed by atoms with Crippen LogP contribution in [0.4, 0.5) is 0 Å². The molecule has 0 spiro atoms. The second-order valence-corrected chi connectivity index (χ2v) is 17.7. The summed E-state index contributed by atoms with van der Waals surface area (Å²) in [6, 6.07) is 9.70. The molecule has 0 unspecified atom stereocenters. The lowest BCUT2D eigenvalue weighted by molar-refractivity contribution is -0.388. The average Bonchev–Trinajstić information content (AvgIpc) is 3.21. The molecule has 2 fully saturated rings. The molecule has 2 bridgehead atoms. The first kappa shape index (κ1) is 45.3. The maximum absolute atomic E-state index is 14.6. The second kappa shape index (κ2) is 16.1. The summed E-state index contributed by atoms with van der Waals surface area (Å²) in [5, 5.41) is 25.2. The van der Waals surface area contributed by atoms with Gasteiger partial charge in [0, 0.05) is 20.5 Å². The number of aliphatic hydroxyl groups is 2. The van der Waals surface area contributed by atoms with Gasteiger partial charge in [0.25, 0.3) is 0 Å². The molecule has 0 amide bonds. The molecule has 54 heavy (non-hydrogen) atoms. The topological polar surface area (TPSA) is 183 Å². The third-order valence-electron chi connectivity index (χ3n) is 9.04. The molecule has 306 valence electrons. The van der Waals surface area contributed by atoms with E-state index in [4.69, 9.17) is 37.9 Å². The highest BCUT2D eigenvalue weighted by Gasteiger charge is 2.86. The lowest BCUT2D eigenvalue weighted by Gasteiger charge is -2.51. The second-order valence-electron chi connectivity index (χ2n) is 17.7. The molecule has 2 saturated heterocycles. The Hall–Kier alpha value is -3.14. The van der Waals surface area contributed by atoms with Gasteiger partial charge in [0.05, 0.1) is 0 Å².